The Morgan fingerprint density at radius 1 is 1.45 bits per heavy atom. The summed E-state index contributed by atoms with van der Waals surface area (Å²) in [5.41, 5.74) is 0.700. The van der Waals surface area contributed by atoms with E-state index in [1.54, 1.807) is 7.11 Å². The highest BCUT2D eigenvalue weighted by molar-refractivity contribution is 5.93. The molecule has 1 heterocycles. The van der Waals surface area contributed by atoms with Crippen LogP contribution in [0.4, 0.5) is 5.69 Å². The zero-order valence-corrected chi connectivity index (χ0v) is 11.9. The predicted octanol–water partition coefficient (Wildman–Crippen LogP) is 1.65. The lowest BCUT2D eigenvalue weighted by atomic mass is 10.1. The van der Waals surface area contributed by atoms with Gasteiger partial charge < -0.3 is 20.1 Å². The van der Waals surface area contributed by atoms with Crippen LogP contribution in [0.5, 0.6) is 5.75 Å². The molecule has 0 aromatic heterocycles. The Morgan fingerprint density at radius 2 is 2.30 bits per heavy atom. The second-order valence-corrected chi connectivity index (χ2v) is 4.94. The van der Waals surface area contributed by atoms with Crippen molar-refractivity contribution in [2.24, 2.45) is 5.92 Å². The number of para-hydroxylation sites is 2. The largest absolute Gasteiger partial charge is 0.495 e. The molecule has 0 radical (unpaired) electrons. The van der Waals surface area contributed by atoms with Crippen molar-refractivity contribution in [2.75, 3.05) is 38.7 Å². The number of carbonyl (C=O) groups is 1. The predicted molar refractivity (Wildman–Crippen MR) is 78.0 cm³/mol. The molecule has 1 aromatic rings. The molecule has 1 aromatic carbocycles. The van der Waals surface area contributed by atoms with Gasteiger partial charge in [0, 0.05) is 13.2 Å². The fourth-order valence-electron chi connectivity index (χ4n) is 2.26. The number of nitrogens with one attached hydrogen (secondary N) is 2. The molecule has 1 fully saturated rings. The number of ether oxygens (including phenoxy) is 2. The maximum absolute atomic E-state index is 11.8. The van der Waals surface area contributed by atoms with E-state index in [2.05, 4.69) is 10.6 Å². The average molecular weight is 278 g/mol. The van der Waals surface area contributed by atoms with Crippen LogP contribution in [0.2, 0.25) is 0 Å². The zero-order chi connectivity index (χ0) is 14.2. The van der Waals surface area contributed by atoms with E-state index in [1.165, 1.54) is 0 Å². The van der Waals surface area contributed by atoms with E-state index in [9.17, 15) is 4.79 Å². The highest BCUT2D eigenvalue weighted by atomic mass is 16.5. The van der Waals surface area contributed by atoms with Crippen molar-refractivity contribution in [3.63, 3.8) is 0 Å². The van der Waals surface area contributed by atoms with Gasteiger partial charge in [0.2, 0.25) is 5.91 Å². The van der Waals surface area contributed by atoms with Crippen molar-refractivity contribution in [3.05, 3.63) is 24.3 Å². The summed E-state index contributed by atoms with van der Waals surface area (Å²) in [4.78, 5) is 11.8. The summed E-state index contributed by atoms with van der Waals surface area (Å²) in [5, 5.41) is 6.00. The third-order valence-corrected chi connectivity index (χ3v) is 3.42. The summed E-state index contributed by atoms with van der Waals surface area (Å²) in [6.45, 7) is 2.88. The van der Waals surface area contributed by atoms with E-state index in [-0.39, 0.29) is 5.91 Å². The van der Waals surface area contributed by atoms with Gasteiger partial charge in [0.05, 0.1) is 19.3 Å². The van der Waals surface area contributed by atoms with Gasteiger partial charge >= 0.3 is 0 Å². The molecule has 1 aliphatic heterocycles. The molecule has 0 spiro atoms. The molecule has 2 N–H and O–H groups in total. The fraction of sp³-hybridized carbons (Fsp3) is 0.533. The number of benzene rings is 1. The van der Waals surface area contributed by atoms with Gasteiger partial charge in [-0.3, -0.25) is 4.79 Å². The Kier molecular flexibility index (Phi) is 5.83. The molecular formula is C15H22N2O3. The molecule has 0 aliphatic carbocycles. The van der Waals surface area contributed by atoms with Crippen LogP contribution in [0.3, 0.4) is 0 Å². The lowest BCUT2D eigenvalue weighted by molar-refractivity contribution is -0.115. The number of carbonyl (C=O) groups excluding carboxylic acids is 1. The van der Waals surface area contributed by atoms with Crippen molar-refractivity contribution >= 4 is 11.6 Å². The summed E-state index contributed by atoms with van der Waals surface area (Å²) in [7, 11) is 1.59. The Hall–Kier alpha value is -1.59. The van der Waals surface area contributed by atoms with Gasteiger partial charge in [0.15, 0.2) is 0 Å². The van der Waals surface area contributed by atoms with E-state index in [0.29, 0.717) is 23.9 Å². The lowest BCUT2D eigenvalue weighted by Crippen LogP contribution is -2.29. The highest BCUT2D eigenvalue weighted by Gasteiger charge is 2.14. The van der Waals surface area contributed by atoms with Crippen molar-refractivity contribution in [1.82, 2.24) is 5.32 Å². The average Bonchev–Trinajstić information content (AvgIpc) is 2.97. The monoisotopic (exact) mass is 278 g/mol. The van der Waals surface area contributed by atoms with Crippen LogP contribution in [-0.2, 0) is 9.53 Å². The van der Waals surface area contributed by atoms with Gasteiger partial charge in [-0.1, -0.05) is 12.1 Å². The van der Waals surface area contributed by atoms with E-state index >= 15 is 0 Å². The SMILES string of the molecule is COc1ccccc1NC(=O)CNCCC1CCOC1. The quantitative estimate of drug-likeness (QED) is 0.745. The normalized spacial score (nSPS) is 17.9. The van der Waals surface area contributed by atoms with Crippen LogP contribution in [-0.4, -0.2) is 39.3 Å². The maximum atomic E-state index is 11.8. The number of anilines is 1. The highest BCUT2D eigenvalue weighted by Crippen LogP contribution is 2.22. The van der Waals surface area contributed by atoms with Crippen LogP contribution in [0.1, 0.15) is 12.8 Å². The summed E-state index contributed by atoms with van der Waals surface area (Å²) < 4.78 is 10.5. The summed E-state index contributed by atoms with van der Waals surface area (Å²) >= 11 is 0. The molecule has 110 valence electrons. The second-order valence-electron chi connectivity index (χ2n) is 4.94. The van der Waals surface area contributed by atoms with Crippen LogP contribution in [0, 0.1) is 5.92 Å². The first-order valence-electron chi connectivity index (χ1n) is 7.01. The molecule has 5 nitrogen and oxygen atoms in total. The minimum atomic E-state index is -0.0582. The van der Waals surface area contributed by atoms with E-state index in [0.717, 1.165) is 32.6 Å². The summed E-state index contributed by atoms with van der Waals surface area (Å²) in [6, 6.07) is 7.39. The standard InChI is InChI=1S/C15H22N2O3/c1-19-14-5-3-2-4-13(14)17-15(18)10-16-8-6-12-7-9-20-11-12/h2-5,12,16H,6-11H2,1H3,(H,17,18). The minimum absolute atomic E-state index is 0.0582. The minimum Gasteiger partial charge on any atom is -0.495 e. The molecule has 1 aliphatic rings. The number of rotatable bonds is 7. The van der Waals surface area contributed by atoms with Crippen LogP contribution < -0.4 is 15.4 Å². The Labute approximate surface area is 119 Å². The van der Waals surface area contributed by atoms with Crippen LogP contribution >= 0.6 is 0 Å². The van der Waals surface area contributed by atoms with E-state index < -0.39 is 0 Å². The number of hydrogen-bond donors (Lipinski definition) is 2. The molecule has 5 heteroatoms. The maximum Gasteiger partial charge on any atom is 0.238 e. The van der Waals surface area contributed by atoms with Crippen molar-refractivity contribution in [1.29, 1.82) is 0 Å². The van der Waals surface area contributed by atoms with Crippen LogP contribution in [0.25, 0.3) is 0 Å². The molecule has 0 saturated carbocycles. The van der Waals surface area contributed by atoms with Gasteiger partial charge in [-0.25, -0.2) is 0 Å². The summed E-state index contributed by atoms with van der Waals surface area (Å²) in [5.74, 6) is 1.25. The smallest absolute Gasteiger partial charge is 0.238 e. The zero-order valence-electron chi connectivity index (χ0n) is 11.9. The van der Waals surface area contributed by atoms with Crippen molar-refractivity contribution < 1.29 is 14.3 Å². The van der Waals surface area contributed by atoms with Gasteiger partial charge in [-0.05, 0) is 37.4 Å². The first-order chi connectivity index (χ1) is 9.79. The van der Waals surface area contributed by atoms with Gasteiger partial charge in [0.1, 0.15) is 5.75 Å². The number of hydrogen-bond acceptors (Lipinski definition) is 4. The van der Waals surface area contributed by atoms with Crippen molar-refractivity contribution in [2.45, 2.75) is 12.8 Å². The first-order valence-corrected chi connectivity index (χ1v) is 7.01. The third-order valence-electron chi connectivity index (χ3n) is 3.42. The van der Waals surface area contributed by atoms with Crippen molar-refractivity contribution in [3.8, 4) is 5.75 Å². The van der Waals surface area contributed by atoms with Gasteiger partial charge in [-0.2, -0.15) is 0 Å². The Bertz CT molecular complexity index is 431. The molecule has 1 atom stereocenters. The van der Waals surface area contributed by atoms with E-state index in [4.69, 9.17) is 9.47 Å². The first kappa shape index (κ1) is 14.8. The molecule has 20 heavy (non-hydrogen) atoms. The third kappa shape index (κ3) is 4.51. The molecule has 2 rings (SSSR count). The Morgan fingerprint density at radius 3 is 3.05 bits per heavy atom. The van der Waals surface area contributed by atoms with Gasteiger partial charge in [0.25, 0.3) is 0 Å². The second kappa shape index (κ2) is 7.87. The molecular weight excluding hydrogens is 256 g/mol. The molecule has 1 unspecified atom stereocenters. The molecule has 0 bridgehead atoms. The fourth-order valence-corrected chi connectivity index (χ4v) is 2.26. The molecule has 1 saturated heterocycles. The van der Waals surface area contributed by atoms with E-state index in [1.807, 2.05) is 24.3 Å². The van der Waals surface area contributed by atoms with Crippen LogP contribution in [0.15, 0.2) is 24.3 Å². The Balaban J connectivity index is 1.67. The number of methoxy groups -OCH3 is 1. The summed E-state index contributed by atoms with van der Waals surface area (Å²) in [6.07, 6.45) is 2.19. The molecule has 1 amide bonds. The topological polar surface area (TPSA) is 59.6 Å². The number of amides is 1. The lowest BCUT2D eigenvalue weighted by Gasteiger charge is -2.11. The van der Waals surface area contributed by atoms with Gasteiger partial charge in [-0.15, -0.1) is 0 Å².